The average Bonchev–Trinajstić information content (AvgIpc) is 2.28. The molecule has 0 saturated heterocycles. The van der Waals surface area contributed by atoms with Crippen molar-refractivity contribution in [2.45, 2.75) is 6.92 Å². The Morgan fingerprint density at radius 1 is 1.18 bits per heavy atom. The van der Waals surface area contributed by atoms with Crippen LogP contribution >= 0.6 is 11.3 Å². The van der Waals surface area contributed by atoms with Gasteiger partial charge in [0.1, 0.15) is 11.0 Å². The third-order valence-corrected chi connectivity index (χ3v) is 3.68. The predicted octanol–water partition coefficient (Wildman–Crippen LogP) is 2.68. The second-order valence-electron chi connectivity index (χ2n) is 3.81. The molecule has 0 saturated carbocycles. The fraction of sp³-hybridized carbons (Fsp3) is 0.0769. The molecule has 3 nitrogen and oxygen atoms in total. The number of fused-ring (bicyclic) bond motifs is 3. The number of aryl methyl sites for hydroxylation is 1. The van der Waals surface area contributed by atoms with E-state index >= 15 is 0 Å². The Labute approximate surface area is 99.9 Å². The highest BCUT2D eigenvalue weighted by molar-refractivity contribution is 7.19. The zero-order valence-corrected chi connectivity index (χ0v) is 9.84. The van der Waals surface area contributed by atoms with E-state index in [2.05, 4.69) is 0 Å². The minimum Gasteiger partial charge on any atom is -0.422 e. The Morgan fingerprint density at radius 3 is 2.76 bits per heavy atom. The number of para-hydroxylation sites is 1. The van der Waals surface area contributed by atoms with Gasteiger partial charge >= 0.3 is 5.63 Å². The Balaban J connectivity index is 2.75. The Bertz CT molecular complexity index is 843. The maximum atomic E-state index is 11.8. The maximum Gasteiger partial charge on any atom is 0.349 e. The van der Waals surface area contributed by atoms with Crippen molar-refractivity contribution in [3.8, 4) is 0 Å². The first-order valence-electron chi connectivity index (χ1n) is 5.13. The highest BCUT2D eigenvalue weighted by Gasteiger charge is 2.11. The van der Waals surface area contributed by atoms with Crippen LogP contribution in [-0.2, 0) is 0 Å². The summed E-state index contributed by atoms with van der Waals surface area (Å²) in [5, 5.41) is 0.965. The second-order valence-corrected chi connectivity index (χ2v) is 5.07. The number of hydrogen-bond acceptors (Lipinski definition) is 4. The molecule has 0 fully saturated rings. The van der Waals surface area contributed by atoms with Crippen LogP contribution < -0.4 is 11.1 Å². The van der Waals surface area contributed by atoms with Crippen LogP contribution in [0, 0.1) is 6.92 Å². The van der Waals surface area contributed by atoms with Gasteiger partial charge in [-0.2, -0.15) is 0 Å². The lowest BCUT2D eigenvalue weighted by atomic mass is 10.2. The third kappa shape index (κ3) is 1.49. The first-order chi connectivity index (χ1) is 8.16. The smallest absolute Gasteiger partial charge is 0.349 e. The summed E-state index contributed by atoms with van der Waals surface area (Å²) in [7, 11) is 0. The van der Waals surface area contributed by atoms with Crippen molar-refractivity contribution in [3.63, 3.8) is 0 Å². The molecule has 0 unspecified atom stereocenters. The van der Waals surface area contributed by atoms with Crippen LogP contribution in [0.15, 0.2) is 44.3 Å². The van der Waals surface area contributed by atoms with E-state index < -0.39 is 5.63 Å². The molecule has 2 heterocycles. The lowest BCUT2D eigenvalue weighted by molar-refractivity contribution is 0.569. The van der Waals surface area contributed by atoms with Crippen LogP contribution in [0.25, 0.3) is 21.1 Å². The molecule has 1 aromatic carbocycles. The quantitative estimate of drug-likeness (QED) is 0.451. The van der Waals surface area contributed by atoms with Crippen LogP contribution in [0.3, 0.4) is 0 Å². The molecule has 17 heavy (non-hydrogen) atoms. The third-order valence-electron chi connectivity index (χ3n) is 2.61. The van der Waals surface area contributed by atoms with E-state index in [0.29, 0.717) is 10.3 Å². The van der Waals surface area contributed by atoms with Gasteiger partial charge in [-0.05, 0) is 25.1 Å². The molecule has 3 aromatic rings. The van der Waals surface area contributed by atoms with E-state index in [0.717, 1.165) is 10.3 Å². The minimum atomic E-state index is -0.556. The van der Waals surface area contributed by atoms with Crippen molar-refractivity contribution < 1.29 is 4.42 Å². The number of benzene rings is 1. The van der Waals surface area contributed by atoms with Gasteiger partial charge in [0.25, 0.3) is 0 Å². The lowest BCUT2D eigenvalue weighted by Crippen LogP contribution is -2.11. The molecule has 0 amide bonds. The van der Waals surface area contributed by atoms with Gasteiger partial charge in [0.2, 0.25) is 0 Å². The largest absolute Gasteiger partial charge is 0.422 e. The van der Waals surface area contributed by atoms with Gasteiger partial charge in [0, 0.05) is 10.3 Å². The monoisotopic (exact) mass is 244 g/mol. The van der Waals surface area contributed by atoms with Crippen molar-refractivity contribution in [2.24, 2.45) is 0 Å². The van der Waals surface area contributed by atoms with E-state index in [9.17, 15) is 9.59 Å². The molecule has 0 aliphatic heterocycles. The van der Waals surface area contributed by atoms with Crippen LogP contribution in [0.4, 0.5) is 0 Å². The van der Waals surface area contributed by atoms with Crippen LogP contribution in [0.2, 0.25) is 0 Å². The van der Waals surface area contributed by atoms with Crippen molar-refractivity contribution in [1.82, 2.24) is 0 Å². The van der Waals surface area contributed by atoms with Crippen LogP contribution in [-0.4, -0.2) is 0 Å². The van der Waals surface area contributed by atoms with Crippen molar-refractivity contribution in [2.75, 3.05) is 0 Å². The van der Waals surface area contributed by atoms with Gasteiger partial charge in [-0.25, -0.2) is 4.79 Å². The molecule has 4 heteroatoms. The van der Waals surface area contributed by atoms with Gasteiger partial charge in [-0.1, -0.05) is 12.1 Å². The molecule has 0 aliphatic rings. The molecule has 0 spiro atoms. The summed E-state index contributed by atoms with van der Waals surface area (Å²) in [6, 6.07) is 8.72. The molecule has 0 atom stereocenters. The van der Waals surface area contributed by atoms with E-state index in [1.807, 2.05) is 19.1 Å². The highest BCUT2D eigenvalue weighted by Crippen LogP contribution is 2.25. The Morgan fingerprint density at radius 2 is 1.94 bits per heavy atom. The lowest BCUT2D eigenvalue weighted by Gasteiger charge is -2.01. The van der Waals surface area contributed by atoms with Gasteiger partial charge in [0.05, 0.1) is 4.70 Å². The van der Waals surface area contributed by atoms with Crippen LogP contribution in [0.5, 0.6) is 0 Å². The normalized spacial score (nSPS) is 11.1. The minimum absolute atomic E-state index is 0.152. The van der Waals surface area contributed by atoms with Crippen molar-refractivity contribution in [3.05, 3.63) is 55.9 Å². The van der Waals surface area contributed by atoms with E-state index in [1.165, 1.54) is 17.4 Å². The molecular weight excluding hydrogens is 236 g/mol. The molecule has 84 valence electrons. The maximum absolute atomic E-state index is 11.8. The first-order valence-corrected chi connectivity index (χ1v) is 5.95. The fourth-order valence-electron chi connectivity index (χ4n) is 1.89. The molecule has 0 radical (unpaired) electrons. The molecule has 0 bridgehead atoms. The highest BCUT2D eigenvalue weighted by atomic mass is 32.1. The number of rotatable bonds is 0. The molecule has 2 aromatic heterocycles. The van der Waals surface area contributed by atoms with Crippen molar-refractivity contribution in [1.29, 1.82) is 0 Å². The summed E-state index contributed by atoms with van der Waals surface area (Å²) in [6.07, 6.45) is 0. The average molecular weight is 244 g/mol. The standard InChI is InChI=1S/C13H8O3S/c1-7-6-9(14)11-12(17-7)8-4-2-3-5-10(8)16-13(11)15/h2-6H,1H3. The summed E-state index contributed by atoms with van der Waals surface area (Å²) in [5.74, 6) is 0. The molecule has 0 N–H and O–H groups in total. The van der Waals surface area contributed by atoms with Gasteiger partial charge in [0.15, 0.2) is 5.43 Å². The summed E-state index contributed by atoms with van der Waals surface area (Å²) < 4.78 is 5.86. The first kappa shape index (κ1) is 10.2. The summed E-state index contributed by atoms with van der Waals surface area (Å²) in [4.78, 5) is 24.5. The summed E-state index contributed by atoms with van der Waals surface area (Å²) in [6.45, 7) is 1.86. The van der Waals surface area contributed by atoms with Gasteiger partial charge in [-0.15, -0.1) is 11.3 Å². The summed E-state index contributed by atoms with van der Waals surface area (Å²) in [5.41, 5.74) is -0.304. The molecule has 0 aliphatic carbocycles. The van der Waals surface area contributed by atoms with Crippen LogP contribution in [0.1, 0.15) is 4.88 Å². The Hall–Kier alpha value is -1.94. The van der Waals surface area contributed by atoms with Gasteiger partial charge in [-0.3, -0.25) is 4.79 Å². The summed E-state index contributed by atoms with van der Waals surface area (Å²) >= 11 is 1.44. The SMILES string of the molecule is Cc1cc(=O)c2c(=O)oc3ccccc3c2s1. The van der Waals surface area contributed by atoms with E-state index in [1.54, 1.807) is 12.1 Å². The van der Waals surface area contributed by atoms with E-state index in [-0.39, 0.29) is 10.8 Å². The van der Waals surface area contributed by atoms with Crippen molar-refractivity contribution >= 4 is 32.4 Å². The second kappa shape index (κ2) is 3.53. The van der Waals surface area contributed by atoms with E-state index in [4.69, 9.17) is 4.42 Å². The predicted molar refractivity (Wildman–Crippen MR) is 68.9 cm³/mol. The fourth-order valence-corrected chi connectivity index (χ4v) is 2.94. The molecule has 3 rings (SSSR count). The zero-order valence-electron chi connectivity index (χ0n) is 9.02. The molecular formula is C13H8O3S. The zero-order chi connectivity index (χ0) is 12.0. The number of hydrogen-bond donors (Lipinski definition) is 0. The topological polar surface area (TPSA) is 47.3 Å². The Kier molecular flexibility index (Phi) is 2.12. The van der Waals surface area contributed by atoms with Gasteiger partial charge < -0.3 is 4.42 Å².